The molecule has 0 bridgehead atoms. The normalized spacial score (nSPS) is 14.7. The summed E-state index contributed by atoms with van der Waals surface area (Å²) in [6.45, 7) is 4.37. The van der Waals surface area contributed by atoms with Gasteiger partial charge in [-0.3, -0.25) is 9.89 Å². The molecular formula is C26H35IN6O. The van der Waals surface area contributed by atoms with Crippen LogP contribution in [0.15, 0.2) is 76.5 Å². The number of hydrogen-bond donors (Lipinski definition) is 2. The van der Waals surface area contributed by atoms with Crippen molar-refractivity contribution in [2.24, 2.45) is 4.99 Å². The van der Waals surface area contributed by atoms with Gasteiger partial charge in [0.2, 0.25) is 0 Å². The molecule has 8 heteroatoms. The molecule has 34 heavy (non-hydrogen) atoms. The number of nitrogens with one attached hydrogen (secondary N) is 2. The summed E-state index contributed by atoms with van der Waals surface area (Å²) in [5.41, 5.74) is 2.58. The molecule has 0 radical (unpaired) electrons. The number of halogens is 1. The first-order chi connectivity index (χ1) is 16.2. The van der Waals surface area contributed by atoms with E-state index in [-0.39, 0.29) is 24.0 Å². The minimum atomic E-state index is 0. The number of rotatable bonds is 8. The van der Waals surface area contributed by atoms with E-state index in [1.165, 1.54) is 11.1 Å². The van der Waals surface area contributed by atoms with Gasteiger partial charge in [0.05, 0.1) is 12.8 Å². The third kappa shape index (κ3) is 7.46. The van der Waals surface area contributed by atoms with Crippen molar-refractivity contribution < 1.29 is 4.42 Å². The van der Waals surface area contributed by atoms with Crippen LogP contribution in [0, 0.1) is 0 Å². The number of piperidine rings is 1. The monoisotopic (exact) mass is 574 g/mol. The van der Waals surface area contributed by atoms with Crippen LogP contribution in [0.3, 0.4) is 0 Å². The quantitative estimate of drug-likeness (QED) is 0.238. The highest BCUT2D eigenvalue weighted by atomic mass is 127. The molecule has 182 valence electrons. The Morgan fingerprint density at radius 2 is 1.82 bits per heavy atom. The van der Waals surface area contributed by atoms with Gasteiger partial charge in [-0.05, 0) is 55.3 Å². The molecule has 0 unspecified atom stereocenters. The van der Waals surface area contributed by atoms with Crippen LogP contribution in [0.4, 0.5) is 5.82 Å². The van der Waals surface area contributed by atoms with Crippen molar-refractivity contribution in [1.29, 1.82) is 0 Å². The van der Waals surface area contributed by atoms with Crippen LogP contribution < -0.4 is 15.5 Å². The lowest BCUT2D eigenvalue weighted by Gasteiger charge is -2.33. The second-order valence-electron chi connectivity index (χ2n) is 8.54. The van der Waals surface area contributed by atoms with Crippen LogP contribution in [0.5, 0.6) is 0 Å². The minimum Gasteiger partial charge on any atom is -0.468 e. The summed E-state index contributed by atoms with van der Waals surface area (Å²) in [5.74, 6) is 2.89. The number of pyridine rings is 1. The van der Waals surface area contributed by atoms with Crippen molar-refractivity contribution in [2.45, 2.75) is 38.5 Å². The predicted molar refractivity (Wildman–Crippen MR) is 149 cm³/mol. The Labute approximate surface area is 219 Å². The average Bonchev–Trinajstić information content (AvgIpc) is 3.36. The summed E-state index contributed by atoms with van der Waals surface area (Å²) in [6.07, 6.45) is 5.71. The standard InChI is InChI=1S/C26H34N6O.HI/c1-27-26(30-23-12-15-32(16-13-23)25-11-5-6-14-28-25)29-18-21-8-3-4-9-22(21)19-31(2)20-24-10-7-17-33-24;/h3-11,14,17,23H,12-13,15-16,18-20H2,1-2H3,(H2,27,29,30);1H. The van der Waals surface area contributed by atoms with Crippen molar-refractivity contribution in [2.75, 3.05) is 32.1 Å². The Morgan fingerprint density at radius 1 is 1.06 bits per heavy atom. The molecule has 7 nitrogen and oxygen atoms in total. The molecule has 2 aromatic heterocycles. The van der Waals surface area contributed by atoms with Gasteiger partial charge in [-0.25, -0.2) is 4.98 Å². The first-order valence-electron chi connectivity index (χ1n) is 11.6. The molecular weight excluding hydrogens is 539 g/mol. The second kappa shape index (κ2) is 13.3. The van der Waals surface area contributed by atoms with Crippen LogP contribution in [-0.2, 0) is 19.6 Å². The molecule has 3 heterocycles. The van der Waals surface area contributed by atoms with Gasteiger partial charge < -0.3 is 20.0 Å². The number of furan rings is 1. The van der Waals surface area contributed by atoms with Crippen molar-refractivity contribution in [3.63, 3.8) is 0 Å². The van der Waals surface area contributed by atoms with E-state index in [1.807, 2.05) is 37.5 Å². The van der Waals surface area contributed by atoms with E-state index >= 15 is 0 Å². The molecule has 1 saturated heterocycles. The summed E-state index contributed by atoms with van der Waals surface area (Å²) in [5, 5.41) is 7.12. The van der Waals surface area contributed by atoms with Gasteiger partial charge in [0.15, 0.2) is 5.96 Å². The third-order valence-corrected chi connectivity index (χ3v) is 6.04. The first kappa shape index (κ1) is 26.0. The Balaban J connectivity index is 0.00000324. The predicted octanol–water partition coefficient (Wildman–Crippen LogP) is 4.26. The van der Waals surface area contributed by atoms with Crippen LogP contribution in [0.2, 0.25) is 0 Å². The maximum Gasteiger partial charge on any atom is 0.191 e. The van der Waals surface area contributed by atoms with Gasteiger partial charge in [0, 0.05) is 45.5 Å². The van der Waals surface area contributed by atoms with Crippen molar-refractivity contribution in [3.8, 4) is 0 Å². The van der Waals surface area contributed by atoms with Crippen LogP contribution >= 0.6 is 24.0 Å². The van der Waals surface area contributed by atoms with E-state index in [4.69, 9.17) is 4.42 Å². The van der Waals surface area contributed by atoms with Crippen LogP contribution in [0.1, 0.15) is 29.7 Å². The molecule has 0 aliphatic carbocycles. The van der Waals surface area contributed by atoms with E-state index in [0.717, 1.165) is 63.1 Å². The molecule has 1 fully saturated rings. The number of aliphatic imine (C=N–C) groups is 1. The molecule has 0 spiro atoms. The maximum atomic E-state index is 5.49. The molecule has 0 amide bonds. The lowest BCUT2D eigenvalue weighted by Crippen LogP contribution is -2.48. The SMILES string of the molecule is CN=C(NCc1ccccc1CN(C)Cc1ccco1)NC1CCN(c2ccccn2)CC1.I. The van der Waals surface area contributed by atoms with E-state index in [2.05, 4.69) is 67.8 Å². The Kier molecular flexibility index (Phi) is 10.2. The number of anilines is 1. The zero-order chi connectivity index (χ0) is 22.9. The number of guanidine groups is 1. The average molecular weight is 575 g/mol. The Bertz CT molecular complexity index is 1000. The highest BCUT2D eigenvalue weighted by Crippen LogP contribution is 2.17. The number of aromatic nitrogens is 1. The highest BCUT2D eigenvalue weighted by molar-refractivity contribution is 14.0. The highest BCUT2D eigenvalue weighted by Gasteiger charge is 2.20. The number of nitrogens with zero attached hydrogens (tertiary/aromatic N) is 4. The fourth-order valence-electron chi connectivity index (χ4n) is 4.26. The number of hydrogen-bond acceptors (Lipinski definition) is 5. The molecule has 3 aromatic rings. The first-order valence-corrected chi connectivity index (χ1v) is 11.6. The topological polar surface area (TPSA) is 68.9 Å². The van der Waals surface area contributed by atoms with Gasteiger partial charge in [-0.2, -0.15) is 0 Å². The van der Waals surface area contributed by atoms with Gasteiger partial charge >= 0.3 is 0 Å². The van der Waals surface area contributed by atoms with Gasteiger partial charge in [0.1, 0.15) is 11.6 Å². The molecule has 2 N–H and O–H groups in total. The maximum absolute atomic E-state index is 5.49. The summed E-state index contributed by atoms with van der Waals surface area (Å²) < 4.78 is 5.49. The summed E-state index contributed by atoms with van der Waals surface area (Å²) in [6, 6.07) is 19.0. The zero-order valence-electron chi connectivity index (χ0n) is 20.0. The largest absolute Gasteiger partial charge is 0.468 e. The Morgan fingerprint density at radius 3 is 2.50 bits per heavy atom. The van der Waals surface area contributed by atoms with Crippen LogP contribution in [-0.4, -0.2) is 49.1 Å². The molecule has 0 saturated carbocycles. The molecule has 0 atom stereocenters. The lowest BCUT2D eigenvalue weighted by atomic mass is 10.1. The number of benzene rings is 1. The van der Waals surface area contributed by atoms with E-state index in [9.17, 15) is 0 Å². The third-order valence-electron chi connectivity index (χ3n) is 6.04. The van der Waals surface area contributed by atoms with Crippen molar-refractivity contribution in [3.05, 3.63) is 83.9 Å². The fourth-order valence-corrected chi connectivity index (χ4v) is 4.26. The molecule has 1 aromatic carbocycles. The molecule has 1 aliphatic heterocycles. The van der Waals surface area contributed by atoms with E-state index < -0.39 is 0 Å². The Hall–Kier alpha value is -2.59. The lowest BCUT2D eigenvalue weighted by molar-refractivity contribution is 0.287. The van der Waals surface area contributed by atoms with Crippen molar-refractivity contribution in [1.82, 2.24) is 20.5 Å². The smallest absolute Gasteiger partial charge is 0.191 e. The molecule has 1 aliphatic rings. The minimum absolute atomic E-state index is 0. The van der Waals surface area contributed by atoms with Gasteiger partial charge in [0.25, 0.3) is 0 Å². The zero-order valence-corrected chi connectivity index (χ0v) is 22.3. The van der Waals surface area contributed by atoms with E-state index in [0.29, 0.717) is 6.04 Å². The summed E-state index contributed by atoms with van der Waals surface area (Å²) in [7, 11) is 3.95. The van der Waals surface area contributed by atoms with Crippen molar-refractivity contribution >= 4 is 35.8 Å². The van der Waals surface area contributed by atoms with Crippen LogP contribution in [0.25, 0.3) is 0 Å². The van der Waals surface area contributed by atoms with Gasteiger partial charge in [-0.1, -0.05) is 30.3 Å². The second-order valence-corrected chi connectivity index (χ2v) is 8.54. The summed E-state index contributed by atoms with van der Waals surface area (Å²) in [4.78, 5) is 13.6. The van der Waals surface area contributed by atoms with E-state index in [1.54, 1.807) is 6.26 Å². The van der Waals surface area contributed by atoms with Gasteiger partial charge in [-0.15, -0.1) is 24.0 Å². The fraction of sp³-hybridized carbons (Fsp3) is 0.385. The molecule has 4 rings (SSSR count). The summed E-state index contributed by atoms with van der Waals surface area (Å²) >= 11 is 0.